The first-order chi connectivity index (χ1) is 8.06. The number of hydrogen-bond donors (Lipinski definition) is 0. The van der Waals surface area contributed by atoms with Crippen molar-refractivity contribution < 1.29 is 19.0 Å². The van der Waals surface area contributed by atoms with Gasteiger partial charge in [-0.1, -0.05) is 13.8 Å². The molecule has 4 heteroatoms. The molecule has 17 heavy (non-hydrogen) atoms. The van der Waals surface area contributed by atoms with E-state index in [4.69, 9.17) is 14.2 Å². The van der Waals surface area contributed by atoms with Crippen LogP contribution in [0.5, 0.6) is 11.5 Å². The molecule has 0 aliphatic rings. The van der Waals surface area contributed by atoms with E-state index in [1.165, 1.54) is 14.2 Å². The van der Waals surface area contributed by atoms with Crippen LogP contribution < -0.4 is 9.47 Å². The van der Waals surface area contributed by atoms with Gasteiger partial charge in [0.15, 0.2) is 0 Å². The van der Waals surface area contributed by atoms with Crippen LogP contribution >= 0.6 is 0 Å². The third kappa shape index (κ3) is 3.98. The van der Waals surface area contributed by atoms with E-state index in [1.807, 2.05) is 13.8 Å². The van der Waals surface area contributed by atoms with Gasteiger partial charge in [0.05, 0.1) is 26.4 Å². The lowest BCUT2D eigenvalue weighted by atomic mass is 10.2. The molecule has 0 heterocycles. The van der Waals surface area contributed by atoms with Crippen molar-refractivity contribution in [2.24, 2.45) is 5.92 Å². The lowest BCUT2D eigenvalue weighted by molar-refractivity contribution is 0.0458. The zero-order chi connectivity index (χ0) is 12.8. The minimum atomic E-state index is -0.365. The van der Waals surface area contributed by atoms with Gasteiger partial charge in [0.1, 0.15) is 11.5 Å². The number of ether oxygens (including phenoxy) is 3. The predicted molar refractivity (Wildman–Crippen MR) is 64.7 cm³/mol. The Morgan fingerprint density at radius 3 is 2.06 bits per heavy atom. The number of hydrogen-bond acceptors (Lipinski definition) is 4. The Hall–Kier alpha value is -1.71. The molecule has 0 saturated heterocycles. The van der Waals surface area contributed by atoms with Gasteiger partial charge in [-0.2, -0.15) is 0 Å². The highest BCUT2D eigenvalue weighted by Gasteiger charge is 2.11. The van der Waals surface area contributed by atoms with Crippen molar-refractivity contribution in [3.63, 3.8) is 0 Å². The summed E-state index contributed by atoms with van der Waals surface area (Å²) in [6.07, 6.45) is 0. The highest BCUT2D eigenvalue weighted by atomic mass is 16.5. The van der Waals surface area contributed by atoms with Gasteiger partial charge in [-0.25, -0.2) is 4.79 Å². The Balaban J connectivity index is 2.84. The van der Waals surface area contributed by atoms with E-state index in [-0.39, 0.29) is 5.97 Å². The Labute approximate surface area is 101 Å². The molecular weight excluding hydrogens is 220 g/mol. The number of esters is 1. The van der Waals surface area contributed by atoms with Gasteiger partial charge in [-0.05, 0) is 18.1 Å². The lowest BCUT2D eigenvalue weighted by Crippen LogP contribution is -2.10. The van der Waals surface area contributed by atoms with Gasteiger partial charge in [0.25, 0.3) is 0 Å². The SMILES string of the molecule is COc1cc(OC)cc(C(=O)OCC(C)C)c1. The van der Waals surface area contributed by atoms with E-state index in [0.717, 1.165) is 0 Å². The van der Waals surface area contributed by atoms with E-state index in [0.29, 0.717) is 29.6 Å². The Kier molecular flexibility index (Phi) is 4.82. The standard InChI is InChI=1S/C13H18O4/c1-9(2)8-17-13(14)10-5-11(15-3)7-12(6-10)16-4/h5-7,9H,8H2,1-4H3. The van der Waals surface area contributed by atoms with Crippen molar-refractivity contribution in [1.82, 2.24) is 0 Å². The molecule has 0 N–H and O–H groups in total. The molecule has 0 bridgehead atoms. The van der Waals surface area contributed by atoms with Crippen molar-refractivity contribution in [2.75, 3.05) is 20.8 Å². The zero-order valence-electron chi connectivity index (χ0n) is 10.6. The number of methoxy groups -OCH3 is 2. The summed E-state index contributed by atoms with van der Waals surface area (Å²) in [5.74, 6) is 1.09. The molecule has 1 aromatic carbocycles. The van der Waals surface area contributed by atoms with Gasteiger partial charge in [-0.3, -0.25) is 0 Å². The normalized spacial score (nSPS) is 10.2. The first kappa shape index (κ1) is 13.4. The van der Waals surface area contributed by atoms with E-state index in [2.05, 4.69) is 0 Å². The summed E-state index contributed by atoms with van der Waals surface area (Å²) in [5.41, 5.74) is 0.432. The summed E-state index contributed by atoms with van der Waals surface area (Å²) in [6, 6.07) is 4.97. The first-order valence-corrected chi connectivity index (χ1v) is 5.47. The van der Waals surface area contributed by atoms with Crippen molar-refractivity contribution >= 4 is 5.97 Å². The summed E-state index contributed by atoms with van der Waals surface area (Å²) < 4.78 is 15.3. The highest BCUT2D eigenvalue weighted by molar-refractivity contribution is 5.90. The molecule has 0 atom stereocenters. The summed E-state index contributed by atoms with van der Waals surface area (Å²) in [6.45, 7) is 4.37. The molecule has 1 rings (SSSR count). The van der Waals surface area contributed by atoms with Crippen molar-refractivity contribution in [3.8, 4) is 11.5 Å². The van der Waals surface area contributed by atoms with Crippen molar-refractivity contribution in [2.45, 2.75) is 13.8 Å². The fraction of sp³-hybridized carbons (Fsp3) is 0.462. The van der Waals surface area contributed by atoms with Gasteiger partial charge in [0, 0.05) is 6.07 Å². The highest BCUT2D eigenvalue weighted by Crippen LogP contribution is 2.23. The molecule has 0 radical (unpaired) electrons. The number of benzene rings is 1. The molecule has 0 spiro atoms. The van der Waals surface area contributed by atoms with E-state index >= 15 is 0 Å². The second kappa shape index (κ2) is 6.13. The third-order valence-electron chi connectivity index (χ3n) is 2.13. The molecule has 0 fully saturated rings. The van der Waals surface area contributed by atoms with Crippen LogP contribution in [0, 0.1) is 5.92 Å². The van der Waals surface area contributed by atoms with Crippen LogP contribution in [0.4, 0.5) is 0 Å². The monoisotopic (exact) mass is 238 g/mol. The molecule has 0 aliphatic heterocycles. The van der Waals surface area contributed by atoms with Crippen LogP contribution in [-0.4, -0.2) is 26.8 Å². The minimum absolute atomic E-state index is 0.312. The summed E-state index contributed by atoms with van der Waals surface area (Å²) in [5, 5.41) is 0. The molecule has 1 aromatic rings. The van der Waals surface area contributed by atoms with Crippen molar-refractivity contribution in [1.29, 1.82) is 0 Å². The van der Waals surface area contributed by atoms with E-state index < -0.39 is 0 Å². The fourth-order valence-electron chi connectivity index (χ4n) is 1.25. The van der Waals surface area contributed by atoms with E-state index in [9.17, 15) is 4.79 Å². The van der Waals surface area contributed by atoms with Crippen molar-refractivity contribution in [3.05, 3.63) is 23.8 Å². The second-order valence-electron chi connectivity index (χ2n) is 4.09. The lowest BCUT2D eigenvalue weighted by Gasteiger charge is -2.09. The van der Waals surface area contributed by atoms with Crippen LogP contribution in [0.3, 0.4) is 0 Å². The Morgan fingerprint density at radius 1 is 1.12 bits per heavy atom. The van der Waals surface area contributed by atoms with Gasteiger partial charge >= 0.3 is 5.97 Å². The van der Waals surface area contributed by atoms with Crippen LogP contribution in [0.25, 0.3) is 0 Å². The number of rotatable bonds is 5. The maximum Gasteiger partial charge on any atom is 0.338 e. The average Bonchev–Trinajstić information content (AvgIpc) is 2.34. The Morgan fingerprint density at radius 2 is 1.65 bits per heavy atom. The molecule has 0 aliphatic carbocycles. The summed E-state index contributed by atoms with van der Waals surface area (Å²) in [4.78, 5) is 11.8. The first-order valence-electron chi connectivity index (χ1n) is 5.47. The molecule has 0 aromatic heterocycles. The maximum atomic E-state index is 11.8. The molecule has 4 nitrogen and oxygen atoms in total. The maximum absolute atomic E-state index is 11.8. The minimum Gasteiger partial charge on any atom is -0.497 e. The quantitative estimate of drug-likeness (QED) is 0.739. The molecule has 0 amide bonds. The third-order valence-corrected chi connectivity index (χ3v) is 2.13. The topological polar surface area (TPSA) is 44.8 Å². The van der Waals surface area contributed by atoms with Crippen LogP contribution in [0.2, 0.25) is 0 Å². The average molecular weight is 238 g/mol. The largest absolute Gasteiger partial charge is 0.497 e. The molecule has 94 valence electrons. The zero-order valence-corrected chi connectivity index (χ0v) is 10.6. The molecular formula is C13H18O4. The summed E-state index contributed by atoms with van der Waals surface area (Å²) >= 11 is 0. The second-order valence-corrected chi connectivity index (χ2v) is 4.09. The Bertz CT molecular complexity index is 363. The van der Waals surface area contributed by atoms with Crippen LogP contribution in [0.15, 0.2) is 18.2 Å². The predicted octanol–water partition coefficient (Wildman–Crippen LogP) is 2.52. The smallest absolute Gasteiger partial charge is 0.338 e. The molecule has 0 unspecified atom stereocenters. The van der Waals surface area contributed by atoms with Gasteiger partial charge in [-0.15, -0.1) is 0 Å². The number of carbonyl (C=O) groups excluding carboxylic acids is 1. The van der Waals surface area contributed by atoms with Gasteiger partial charge < -0.3 is 14.2 Å². The number of carbonyl (C=O) groups is 1. The van der Waals surface area contributed by atoms with E-state index in [1.54, 1.807) is 18.2 Å². The van der Waals surface area contributed by atoms with Gasteiger partial charge in [0.2, 0.25) is 0 Å². The fourth-order valence-corrected chi connectivity index (χ4v) is 1.25. The van der Waals surface area contributed by atoms with Crippen LogP contribution in [-0.2, 0) is 4.74 Å². The van der Waals surface area contributed by atoms with Crippen LogP contribution in [0.1, 0.15) is 24.2 Å². The molecule has 0 saturated carbocycles. The summed E-state index contributed by atoms with van der Waals surface area (Å²) in [7, 11) is 3.08.